The van der Waals surface area contributed by atoms with Crippen molar-refractivity contribution in [3.63, 3.8) is 0 Å². The van der Waals surface area contributed by atoms with Crippen molar-refractivity contribution in [1.29, 1.82) is 0 Å². The Morgan fingerprint density at radius 2 is 1.69 bits per heavy atom. The monoisotopic (exact) mass is 496 g/mol. The summed E-state index contributed by atoms with van der Waals surface area (Å²) >= 11 is 2.25. The maximum Gasteiger partial charge on any atom is 0.337 e. The molecule has 0 fully saturated rings. The van der Waals surface area contributed by atoms with Crippen LogP contribution in [0.15, 0.2) is 72.8 Å². The Morgan fingerprint density at radius 1 is 0.966 bits per heavy atom. The molecule has 1 amide bonds. The molecule has 3 aromatic rings. The average Bonchev–Trinajstić information content (AvgIpc) is 3.08. The molecule has 0 saturated carbocycles. The van der Waals surface area contributed by atoms with Crippen LogP contribution in [0, 0.1) is 3.57 Å². The van der Waals surface area contributed by atoms with E-state index in [0.29, 0.717) is 22.5 Å². The third kappa shape index (κ3) is 3.88. The highest BCUT2D eigenvalue weighted by Crippen LogP contribution is 2.38. The van der Waals surface area contributed by atoms with E-state index >= 15 is 0 Å². The summed E-state index contributed by atoms with van der Waals surface area (Å²) in [7, 11) is 1.33. The third-order valence-corrected chi connectivity index (χ3v) is 5.33. The second-order valence-corrected chi connectivity index (χ2v) is 7.70. The molecule has 4 rings (SSSR count). The van der Waals surface area contributed by atoms with E-state index < -0.39 is 5.97 Å². The Morgan fingerprint density at radius 3 is 2.38 bits per heavy atom. The van der Waals surface area contributed by atoms with Crippen molar-refractivity contribution in [3.8, 4) is 0 Å². The molecule has 3 aromatic carbocycles. The first-order valence-corrected chi connectivity index (χ1v) is 10.0. The zero-order chi connectivity index (χ0) is 20.4. The minimum atomic E-state index is -0.445. The fraction of sp³-hybridized carbons (Fsp3) is 0.0435. The standard InChI is InChI=1S/C23H17IN2O3/c1-29-23(28)15-7-12-18-19(13-15)26-22(27)20(18)21(14-5-3-2-4-6-14)25-17-10-8-16(24)9-11-17/h2-13,25H,1H3,(H,26,27)/b21-20-. The quantitative estimate of drug-likeness (QED) is 0.303. The number of carbonyl (C=O) groups is 2. The summed E-state index contributed by atoms with van der Waals surface area (Å²) < 4.78 is 5.90. The molecule has 144 valence electrons. The molecule has 1 aliphatic rings. The van der Waals surface area contributed by atoms with Crippen molar-refractivity contribution in [2.75, 3.05) is 17.7 Å². The highest BCUT2D eigenvalue weighted by molar-refractivity contribution is 14.1. The molecule has 1 heterocycles. The second kappa shape index (κ2) is 8.08. The van der Waals surface area contributed by atoms with Crippen molar-refractivity contribution in [2.24, 2.45) is 0 Å². The first-order chi connectivity index (χ1) is 14.1. The van der Waals surface area contributed by atoms with E-state index in [9.17, 15) is 9.59 Å². The van der Waals surface area contributed by atoms with Gasteiger partial charge in [0.2, 0.25) is 0 Å². The number of nitrogens with one attached hydrogen (secondary N) is 2. The van der Waals surface area contributed by atoms with Crippen LogP contribution in [0.3, 0.4) is 0 Å². The molecule has 2 N–H and O–H groups in total. The third-order valence-electron chi connectivity index (χ3n) is 4.61. The fourth-order valence-corrected chi connectivity index (χ4v) is 3.59. The lowest BCUT2D eigenvalue weighted by Crippen LogP contribution is -2.10. The Labute approximate surface area is 181 Å². The summed E-state index contributed by atoms with van der Waals surface area (Å²) in [5, 5.41) is 6.27. The normalized spacial score (nSPS) is 14.1. The van der Waals surface area contributed by atoms with E-state index in [1.54, 1.807) is 18.2 Å². The highest BCUT2D eigenvalue weighted by atomic mass is 127. The van der Waals surface area contributed by atoms with Crippen molar-refractivity contribution >= 4 is 57.1 Å². The Hall–Kier alpha value is -3.13. The van der Waals surface area contributed by atoms with Crippen LogP contribution in [0.4, 0.5) is 11.4 Å². The molecular formula is C23H17IN2O3. The van der Waals surface area contributed by atoms with Gasteiger partial charge in [0.15, 0.2) is 0 Å². The number of halogens is 1. The minimum Gasteiger partial charge on any atom is -0.465 e. The molecule has 0 atom stereocenters. The van der Waals surface area contributed by atoms with Gasteiger partial charge in [-0.2, -0.15) is 0 Å². The van der Waals surface area contributed by atoms with Crippen LogP contribution < -0.4 is 10.6 Å². The van der Waals surface area contributed by atoms with Gasteiger partial charge in [0.05, 0.1) is 29.6 Å². The summed E-state index contributed by atoms with van der Waals surface area (Å²) in [5.41, 5.74) is 4.71. The number of rotatable bonds is 4. The number of esters is 1. The number of carbonyl (C=O) groups excluding carboxylic acids is 2. The zero-order valence-corrected chi connectivity index (χ0v) is 17.7. The molecule has 0 radical (unpaired) electrons. The van der Waals surface area contributed by atoms with E-state index in [2.05, 4.69) is 33.2 Å². The van der Waals surface area contributed by atoms with Crippen LogP contribution in [-0.4, -0.2) is 19.0 Å². The maximum absolute atomic E-state index is 12.9. The van der Waals surface area contributed by atoms with Crippen LogP contribution >= 0.6 is 22.6 Å². The largest absolute Gasteiger partial charge is 0.465 e. The average molecular weight is 496 g/mol. The zero-order valence-electron chi connectivity index (χ0n) is 15.5. The molecule has 5 nitrogen and oxygen atoms in total. The van der Waals surface area contributed by atoms with Crippen LogP contribution in [0.1, 0.15) is 21.5 Å². The second-order valence-electron chi connectivity index (χ2n) is 6.45. The summed E-state index contributed by atoms with van der Waals surface area (Å²) in [5.74, 6) is -0.668. The summed E-state index contributed by atoms with van der Waals surface area (Å²) in [6, 6.07) is 22.7. The van der Waals surface area contributed by atoms with Gasteiger partial charge in [0.1, 0.15) is 0 Å². The van der Waals surface area contributed by atoms with Crippen molar-refractivity contribution in [3.05, 3.63) is 93.1 Å². The number of fused-ring (bicyclic) bond motifs is 1. The van der Waals surface area contributed by atoms with E-state index in [0.717, 1.165) is 20.4 Å². The van der Waals surface area contributed by atoms with Gasteiger partial charge in [0, 0.05) is 14.8 Å². The summed E-state index contributed by atoms with van der Waals surface area (Å²) in [4.78, 5) is 24.8. The highest BCUT2D eigenvalue weighted by Gasteiger charge is 2.29. The predicted molar refractivity (Wildman–Crippen MR) is 122 cm³/mol. The fourth-order valence-electron chi connectivity index (χ4n) is 3.23. The number of methoxy groups -OCH3 is 1. The molecule has 0 bridgehead atoms. The van der Waals surface area contributed by atoms with E-state index in [4.69, 9.17) is 4.74 Å². The molecule has 6 heteroatoms. The lowest BCUT2D eigenvalue weighted by Gasteiger charge is -2.15. The van der Waals surface area contributed by atoms with Gasteiger partial charge in [-0.1, -0.05) is 36.4 Å². The first kappa shape index (κ1) is 19.2. The predicted octanol–water partition coefficient (Wildman–Crippen LogP) is 5.01. The van der Waals surface area contributed by atoms with Crippen molar-refractivity contribution in [2.45, 2.75) is 0 Å². The van der Waals surface area contributed by atoms with Gasteiger partial charge in [-0.3, -0.25) is 4.79 Å². The number of anilines is 2. The molecule has 29 heavy (non-hydrogen) atoms. The lowest BCUT2D eigenvalue weighted by atomic mass is 9.99. The van der Waals surface area contributed by atoms with Crippen LogP contribution in [0.2, 0.25) is 0 Å². The Balaban J connectivity index is 1.86. The number of hydrogen-bond donors (Lipinski definition) is 2. The van der Waals surface area contributed by atoms with Gasteiger partial charge in [0.25, 0.3) is 5.91 Å². The molecule has 0 aliphatic carbocycles. The Kier molecular flexibility index (Phi) is 5.35. The number of ether oxygens (including phenoxy) is 1. The first-order valence-electron chi connectivity index (χ1n) is 8.93. The van der Waals surface area contributed by atoms with Gasteiger partial charge >= 0.3 is 5.97 Å². The SMILES string of the molecule is COC(=O)c1ccc2c(c1)NC(=O)/C2=C(\Nc1ccc(I)cc1)c1ccccc1. The van der Waals surface area contributed by atoms with Crippen LogP contribution in [0.5, 0.6) is 0 Å². The number of amides is 1. The smallest absolute Gasteiger partial charge is 0.337 e. The molecular weight excluding hydrogens is 479 g/mol. The lowest BCUT2D eigenvalue weighted by molar-refractivity contribution is -0.110. The van der Waals surface area contributed by atoms with Gasteiger partial charge in [-0.25, -0.2) is 4.79 Å². The van der Waals surface area contributed by atoms with Crippen molar-refractivity contribution < 1.29 is 14.3 Å². The topological polar surface area (TPSA) is 67.4 Å². The van der Waals surface area contributed by atoms with Gasteiger partial charge in [-0.15, -0.1) is 0 Å². The molecule has 0 saturated heterocycles. The van der Waals surface area contributed by atoms with E-state index in [-0.39, 0.29) is 5.91 Å². The molecule has 0 unspecified atom stereocenters. The minimum absolute atomic E-state index is 0.223. The van der Waals surface area contributed by atoms with E-state index in [1.165, 1.54) is 7.11 Å². The van der Waals surface area contributed by atoms with Crippen LogP contribution in [0.25, 0.3) is 11.3 Å². The maximum atomic E-state index is 12.9. The van der Waals surface area contributed by atoms with E-state index in [1.807, 2.05) is 54.6 Å². The Bertz CT molecular complexity index is 1120. The number of hydrogen-bond acceptors (Lipinski definition) is 4. The molecule has 0 aromatic heterocycles. The molecule has 0 spiro atoms. The summed E-state index contributed by atoms with van der Waals surface area (Å²) in [6.07, 6.45) is 0. The summed E-state index contributed by atoms with van der Waals surface area (Å²) in [6.45, 7) is 0. The van der Waals surface area contributed by atoms with Crippen molar-refractivity contribution in [1.82, 2.24) is 0 Å². The van der Waals surface area contributed by atoms with Gasteiger partial charge < -0.3 is 15.4 Å². The van der Waals surface area contributed by atoms with Gasteiger partial charge in [-0.05, 0) is 64.6 Å². The molecule has 1 aliphatic heterocycles. The number of benzene rings is 3. The van der Waals surface area contributed by atoms with Crippen LogP contribution in [-0.2, 0) is 9.53 Å².